The molecule has 1 aromatic rings. The highest BCUT2D eigenvalue weighted by atomic mass is 32.1. The zero-order valence-corrected chi connectivity index (χ0v) is 12.7. The number of hydrogen-bond acceptors (Lipinski definition) is 5. The summed E-state index contributed by atoms with van der Waals surface area (Å²) in [6.45, 7) is 0. The molecule has 0 radical (unpaired) electrons. The first-order chi connectivity index (χ1) is 10.0. The Bertz CT molecular complexity index is 626. The average Bonchev–Trinajstić information content (AvgIpc) is 2.49. The molecule has 110 valence electrons. The van der Waals surface area contributed by atoms with Crippen LogP contribution in [0.1, 0.15) is 11.6 Å². The van der Waals surface area contributed by atoms with Gasteiger partial charge >= 0.3 is 0 Å². The molecule has 7 heteroatoms. The number of nitriles is 1. The van der Waals surface area contributed by atoms with E-state index in [9.17, 15) is 10.1 Å². The molecule has 1 N–H and O–H groups in total. The number of ether oxygens (including phenoxy) is 2. The number of rotatable bonds is 3. The standard InChI is InChI=1S/C14H15N3O3S/c1-17-12(9(7-15)13(18)16-14(17)21)8-4-5-10(19-2)11(6-8)20-3/h4-6,9,12H,1-3H3,(H,16,18,21). The third-order valence-corrected chi connectivity index (χ3v) is 3.84. The monoisotopic (exact) mass is 305 g/mol. The number of benzene rings is 1. The second-order valence-electron chi connectivity index (χ2n) is 4.57. The van der Waals surface area contributed by atoms with Crippen LogP contribution in [0.3, 0.4) is 0 Å². The van der Waals surface area contributed by atoms with Crippen molar-refractivity contribution in [2.75, 3.05) is 21.3 Å². The fraction of sp³-hybridized carbons (Fsp3) is 0.357. The predicted molar refractivity (Wildman–Crippen MR) is 79.9 cm³/mol. The highest BCUT2D eigenvalue weighted by Crippen LogP contribution is 2.36. The summed E-state index contributed by atoms with van der Waals surface area (Å²) in [5.74, 6) is -0.113. The van der Waals surface area contributed by atoms with Gasteiger partial charge in [0.05, 0.1) is 26.3 Å². The van der Waals surface area contributed by atoms with Crippen LogP contribution in [0.15, 0.2) is 18.2 Å². The molecular formula is C14H15N3O3S. The topological polar surface area (TPSA) is 74.6 Å². The minimum atomic E-state index is -0.847. The molecule has 0 spiro atoms. The van der Waals surface area contributed by atoms with E-state index in [0.29, 0.717) is 16.6 Å². The molecule has 0 bridgehead atoms. The Morgan fingerprint density at radius 1 is 1.33 bits per heavy atom. The summed E-state index contributed by atoms with van der Waals surface area (Å²) >= 11 is 5.12. The van der Waals surface area contributed by atoms with Gasteiger partial charge in [0.25, 0.3) is 0 Å². The largest absolute Gasteiger partial charge is 0.493 e. The molecule has 0 saturated carbocycles. The average molecular weight is 305 g/mol. The van der Waals surface area contributed by atoms with Gasteiger partial charge in [0.1, 0.15) is 5.92 Å². The van der Waals surface area contributed by atoms with Crippen LogP contribution < -0.4 is 14.8 Å². The second-order valence-corrected chi connectivity index (χ2v) is 4.96. The summed E-state index contributed by atoms with van der Waals surface area (Å²) in [4.78, 5) is 13.6. The number of carbonyl (C=O) groups excluding carboxylic acids is 1. The highest BCUT2D eigenvalue weighted by molar-refractivity contribution is 7.80. The van der Waals surface area contributed by atoms with Crippen LogP contribution in [-0.4, -0.2) is 37.2 Å². The van der Waals surface area contributed by atoms with Crippen molar-refractivity contribution in [1.82, 2.24) is 10.2 Å². The number of carbonyl (C=O) groups is 1. The van der Waals surface area contributed by atoms with Crippen LogP contribution in [0.5, 0.6) is 11.5 Å². The molecule has 6 nitrogen and oxygen atoms in total. The van der Waals surface area contributed by atoms with Gasteiger partial charge in [-0.15, -0.1) is 0 Å². The van der Waals surface area contributed by atoms with Gasteiger partial charge in [0.15, 0.2) is 16.6 Å². The first kappa shape index (κ1) is 15.1. The van der Waals surface area contributed by atoms with E-state index in [2.05, 4.69) is 5.32 Å². The van der Waals surface area contributed by atoms with E-state index in [-0.39, 0.29) is 5.91 Å². The van der Waals surface area contributed by atoms with Crippen molar-refractivity contribution in [1.29, 1.82) is 5.26 Å². The van der Waals surface area contributed by atoms with Gasteiger partial charge in [0.2, 0.25) is 5.91 Å². The first-order valence-electron chi connectivity index (χ1n) is 6.22. The Labute approximate surface area is 128 Å². The molecule has 0 aliphatic carbocycles. The lowest BCUT2D eigenvalue weighted by atomic mass is 9.90. The van der Waals surface area contributed by atoms with E-state index in [1.165, 1.54) is 7.11 Å². The predicted octanol–water partition coefficient (Wildman–Crippen LogP) is 1.23. The van der Waals surface area contributed by atoms with E-state index < -0.39 is 12.0 Å². The number of hydrogen-bond donors (Lipinski definition) is 1. The number of methoxy groups -OCH3 is 2. The Morgan fingerprint density at radius 3 is 2.57 bits per heavy atom. The molecule has 1 fully saturated rings. The molecule has 2 atom stereocenters. The van der Waals surface area contributed by atoms with Crippen LogP contribution >= 0.6 is 12.2 Å². The lowest BCUT2D eigenvalue weighted by Crippen LogP contribution is -2.53. The number of amides is 1. The van der Waals surface area contributed by atoms with Crippen molar-refractivity contribution in [2.45, 2.75) is 6.04 Å². The molecule has 1 amide bonds. The van der Waals surface area contributed by atoms with Crippen LogP contribution in [0.2, 0.25) is 0 Å². The molecule has 1 aliphatic rings. The quantitative estimate of drug-likeness (QED) is 0.847. The zero-order valence-electron chi connectivity index (χ0n) is 11.9. The molecule has 0 aromatic heterocycles. The molecule has 1 aliphatic heterocycles. The van der Waals surface area contributed by atoms with Crippen molar-refractivity contribution < 1.29 is 14.3 Å². The Balaban J connectivity index is 2.49. The maximum atomic E-state index is 11.9. The summed E-state index contributed by atoms with van der Waals surface area (Å²) in [5.41, 5.74) is 0.763. The molecule has 21 heavy (non-hydrogen) atoms. The minimum Gasteiger partial charge on any atom is -0.493 e. The van der Waals surface area contributed by atoms with E-state index >= 15 is 0 Å². The Kier molecular flexibility index (Phi) is 4.29. The highest BCUT2D eigenvalue weighted by Gasteiger charge is 2.39. The van der Waals surface area contributed by atoms with Crippen LogP contribution in [0.25, 0.3) is 0 Å². The first-order valence-corrected chi connectivity index (χ1v) is 6.63. The smallest absolute Gasteiger partial charge is 0.245 e. The second kappa shape index (κ2) is 5.97. The number of nitrogens with one attached hydrogen (secondary N) is 1. The van der Waals surface area contributed by atoms with Gasteiger partial charge in [0, 0.05) is 7.05 Å². The normalized spacial score (nSPS) is 21.5. The molecule has 2 rings (SSSR count). The maximum Gasteiger partial charge on any atom is 0.245 e. The van der Waals surface area contributed by atoms with E-state index in [1.807, 2.05) is 6.07 Å². The fourth-order valence-corrected chi connectivity index (χ4v) is 2.56. The summed E-state index contributed by atoms with van der Waals surface area (Å²) < 4.78 is 10.5. The van der Waals surface area contributed by atoms with Crippen molar-refractivity contribution in [2.24, 2.45) is 5.92 Å². The van der Waals surface area contributed by atoms with E-state index in [0.717, 1.165) is 5.56 Å². The molecule has 2 unspecified atom stereocenters. The van der Waals surface area contributed by atoms with E-state index in [4.69, 9.17) is 21.7 Å². The molecular weight excluding hydrogens is 290 g/mol. The number of thiocarbonyl (C=S) groups is 1. The maximum absolute atomic E-state index is 11.9. The fourth-order valence-electron chi connectivity index (χ4n) is 2.35. The third kappa shape index (κ3) is 2.62. The molecule has 1 saturated heterocycles. The summed E-state index contributed by atoms with van der Waals surface area (Å²) in [5, 5.41) is 12.1. The van der Waals surface area contributed by atoms with Gasteiger partial charge in [-0.1, -0.05) is 6.07 Å². The minimum absolute atomic E-state index is 0.297. The lowest BCUT2D eigenvalue weighted by molar-refractivity contribution is -0.124. The lowest BCUT2D eigenvalue weighted by Gasteiger charge is -2.37. The Hall–Kier alpha value is -2.33. The van der Waals surface area contributed by atoms with Gasteiger partial charge in [-0.05, 0) is 29.9 Å². The number of nitrogens with zero attached hydrogens (tertiary/aromatic N) is 2. The summed E-state index contributed by atoms with van der Waals surface area (Å²) in [6.07, 6.45) is 0. The molecule has 1 heterocycles. The van der Waals surface area contributed by atoms with Gasteiger partial charge in [-0.3, -0.25) is 4.79 Å². The van der Waals surface area contributed by atoms with Crippen LogP contribution in [0.4, 0.5) is 0 Å². The Morgan fingerprint density at radius 2 is 2.00 bits per heavy atom. The van der Waals surface area contributed by atoms with E-state index in [1.54, 1.807) is 37.3 Å². The van der Waals surface area contributed by atoms with Crippen molar-refractivity contribution in [3.05, 3.63) is 23.8 Å². The van der Waals surface area contributed by atoms with Gasteiger partial charge in [-0.2, -0.15) is 5.26 Å². The van der Waals surface area contributed by atoms with Gasteiger partial charge < -0.3 is 19.7 Å². The van der Waals surface area contributed by atoms with Crippen molar-refractivity contribution in [3.63, 3.8) is 0 Å². The van der Waals surface area contributed by atoms with Crippen LogP contribution in [0, 0.1) is 17.2 Å². The third-order valence-electron chi connectivity index (χ3n) is 3.45. The van der Waals surface area contributed by atoms with Crippen molar-refractivity contribution >= 4 is 23.2 Å². The molecule has 1 aromatic carbocycles. The zero-order chi connectivity index (χ0) is 15.6. The van der Waals surface area contributed by atoms with Gasteiger partial charge in [-0.25, -0.2) is 0 Å². The SMILES string of the molecule is COc1ccc(C2C(C#N)C(=O)NC(=S)N2C)cc1OC. The van der Waals surface area contributed by atoms with Crippen molar-refractivity contribution in [3.8, 4) is 17.6 Å². The summed E-state index contributed by atoms with van der Waals surface area (Å²) in [6, 6.07) is 6.87. The van der Waals surface area contributed by atoms with Crippen LogP contribution in [-0.2, 0) is 4.79 Å². The summed E-state index contributed by atoms with van der Waals surface area (Å²) in [7, 11) is 4.82.